The Morgan fingerprint density at radius 1 is 1.41 bits per heavy atom. The van der Waals surface area contributed by atoms with E-state index in [0.717, 1.165) is 27.2 Å². The molecule has 0 amide bonds. The Morgan fingerprint density at radius 2 is 2.18 bits per heavy atom. The van der Waals surface area contributed by atoms with E-state index in [4.69, 9.17) is 9.52 Å². The summed E-state index contributed by atoms with van der Waals surface area (Å²) >= 11 is 1.52. The van der Waals surface area contributed by atoms with Gasteiger partial charge in [-0.2, -0.15) is 0 Å². The summed E-state index contributed by atoms with van der Waals surface area (Å²) in [5.74, 6) is 1.84. The molecule has 0 fully saturated rings. The highest BCUT2D eigenvalue weighted by atomic mass is 32.1. The molecule has 1 N–H and O–H groups in total. The maximum Gasteiger partial charge on any atom is 0.186 e. The number of thiazole rings is 1. The average Bonchev–Trinajstić information content (AvgIpc) is 2.85. The molecule has 0 saturated heterocycles. The third-order valence-corrected chi connectivity index (χ3v) is 3.80. The molecule has 0 spiro atoms. The molecule has 5 heteroatoms. The van der Waals surface area contributed by atoms with Crippen molar-refractivity contribution in [1.29, 1.82) is 0 Å². The van der Waals surface area contributed by atoms with Gasteiger partial charge in [0, 0.05) is 7.05 Å². The molecule has 0 saturated carbocycles. The van der Waals surface area contributed by atoms with E-state index < -0.39 is 0 Å². The zero-order valence-corrected chi connectivity index (χ0v) is 11.0. The maximum absolute atomic E-state index is 9.14. The van der Waals surface area contributed by atoms with E-state index >= 15 is 0 Å². The third-order valence-electron chi connectivity index (χ3n) is 2.54. The fraction of sp³-hybridized carbons (Fsp3) is 0.417. The topological polar surface area (TPSA) is 49.5 Å². The highest BCUT2D eigenvalue weighted by Gasteiger charge is 2.12. The zero-order valence-electron chi connectivity index (χ0n) is 10.2. The van der Waals surface area contributed by atoms with Crippen molar-refractivity contribution in [3.8, 4) is 0 Å². The van der Waals surface area contributed by atoms with Gasteiger partial charge in [-0.05, 0) is 26.0 Å². The predicted molar refractivity (Wildman–Crippen MR) is 68.3 cm³/mol. The van der Waals surface area contributed by atoms with Gasteiger partial charge in [0.25, 0.3) is 0 Å². The minimum absolute atomic E-state index is 0.0528. The highest BCUT2D eigenvalue weighted by molar-refractivity contribution is 7.15. The molecule has 2 heterocycles. The number of aromatic nitrogens is 1. The largest absolute Gasteiger partial charge is 0.464 e. The van der Waals surface area contributed by atoms with Gasteiger partial charge < -0.3 is 14.4 Å². The number of anilines is 1. The Balaban J connectivity index is 2.11. The van der Waals surface area contributed by atoms with Crippen LogP contribution in [0, 0.1) is 13.8 Å². The van der Waals surface area contributed by atoms with Gasteiger partial charge >= 0.3 is 0 Å². The predicted octanol–water partition coefficient (Wildman–Crippen LogP) is 2.48. The molecule has 17 heavy (non-hydrogen) atoms. The number of nitrogens with zero attached hydrogens (tertiary/aromatic N) is 2. The van der Waals surface area contributed by atoms with Crippen molar-refractivity contribution in [2.75, 3.05) is 11.9 Å². The first kappa shape index (κ1) is 12.1. The van der Waals surface area contributed by atoms with Crippen LogP contribution in [0.5, 0.6) is 0 Å². The molecule has 2 aromatic heterocycles. The summed E-state index contributed by atoms with van der Waals surface area (Å²) < 4.78 is 5.52. The van der Waals surface area contributed by atoms with E-state index in [2.05, 4.69) is 4.98 Å². The molecule has 0 aliphatic heterocycles. The Bertz CT molecular complexity index is 504. The van der Waals surface area contributed by atoms with Crippen LogP contribution in [0.2, 0.25) is 0 Å². The van der Waals surface area contributed by atoms with E-state index in [-0.39, 0.29) is 6.61 Å². The lowest BCUT2D eigenvalue weighted by molar-refractivity contribution is 0.284. The quantitative estimate of drug-likeness (QED) is 0.908. The monoisotopic (exact) mass is 252 g/mol. The summed E-state index contributed by atoms with van der Waals surface area (Å²) in [5, 5.41) is 10.0. The van der Waals surface area contributed by atoms with Crippen LogP contribution >= 0.6 is 11.3 Å². The molecule has 92 valence electrons. The van der Waals surface area contributed by atoms with E-state index in [0.29, 0.717) is 6.54 Å². The molecule has 0 aromatic carbocycles. The summed E-state index contributed by atoms with van der Waals surface area (Å²) in [6.07, 6.45) is 0. The van der Waals surface area contributed by atoms with Crippen LogP contribution in [-0.4, -0.2) is 17.1 Å². The Labute approximate surface area is 105 Å². The second kappa shape index (κ2) is 4.89. The first-order valence-corrected chi connectivity index (χ1v) is 6.25. The van der Waals surface area contributed by atoms with Crippen LogP contribution in [0.3, 0.4) is 0 Å². The lowest BCUT2D eigenvalue weighted by atomic mass is 10.4. The van der Waals surface area contributed by atoms with Crippen LogP contribution in [0.25, 0.3) is 0 Å². The number of aliphatic hydroxyl groups is 1. The van der Waals surface area contributed by atoms with Crippen LogP contribution in [0.1, 0.15) is 22.1 Å². The Morgan fingerprint density at radius 3 is 2.71 bits per heavy atom. The van der Waals surface area contributed by atoms with Crippen LogP contribution in [0.15, 0.2) is 16.5 Å². The zero-order chi connectivity index (χ0) is 12.4. The fourth-order valence-corrected chi connectivity index (χ4v) is 2.48. The Kier molecular flexibility index (Phi) is 3.49. The summed E-state index contributed by atoms with van der Waals surface area (Å²) in [5.41, 5.74) is 0.898. The van der Waals surface area contributed by atoms with Gasteiger partial charge in [-0.1, -0.05) is 11.3 Å². The lowest BCUT2D eigenvalue weighted by Crippen LogP contribution is -2.15. The van der Waals surface area contributed by atoms with Crippen molar-refractivity contribution in [3.05, 3.63) is 34.2 Å². The minimum atomic E-state index is 0.0528. The maximum atomic E-state index is 9.14. The number of aryl methyl sites for hydroxylation is 2. The van der Waals surface area contributed by atoms with Gasteiger partial charge in [0.2, 0.25) is 0 Å². The van der Waals surface area contributed by atoms with Crippen LogP contribution in [0.4, 0.5) is 5.13 Å². The fourth-order valence-electron chi connectivity index (χ4n) is 1.59. The van der Waals surface area contributed by atoms with Gasteiger partial charge in [0.05, 0.1) is 23.7 Å². The molecule has 0 atom stereocenters. The molecule has 4 nitrogen and oxygen atoms in total. The summed E-state index contributed by atoms with van der Waals surface area (Å²) in [4.78, 5) is 7.37. The lowest BCUT2D eigenvalue weighted by Gasteiger charge is -2.13. The van der Waals surface area contributed by atoms with Gasteiger partial charge in [0.1, 0.15) is 11.5 Å². The van der Waals surface area contributed by atoms with Crippen molar-refractivity contribution in [2.24, 2.45) is 0 Å². The van der Waals surface area contributed by atoms with Gasteiger partial charge in [-0.25, -0.2) is 4.98 Å². The molecule has 0 bridgehead atoms. The number of aliphatic hydroxyl groups excluding tert-OH is 1. The number of hydrogen-bond acceptors (Lipinski definition) is 5. The van der Waals surface area contributed by atoms with Crippen molar-refractivity contribution in [1.82, 2.24) is 4.98 Å². The van der Waals surface area contributed by atoms with E-state index in [1.54, 1.807) is 0 Å². The average molecular weight is 252 g/mol. The van der Waals surface area contributed by atoms with Crippen LogP contribution in [-0.2, 0) is 13.2 Å². The van der Waals surface area contributed by atoms with Crippen molar-refractivity contribution in [2.45, 2.75) is 27.0 Å². The molecular weight excluding hydrogens is 236 g/mol. The van der Waals surface area contributed by atoms with Crippen molar-refractivity contribution in [3.63, 3.8) is 0 Å². The SMILES string of the molecule is Cc1ccc(CN(C)c2nc(C)c(CO)s2)o1. The van der Waals surface area contributed by atoms with Crippen molar-refractivity contribution < 1.29 is 9.52 Å². The molecule has 0 aliphatic rings. The standard InChI is InChI=1S/C12H16N2O2S/c1-8-4-5-10(16-8)6-14(3)12-13-9(2)11(7-15)17-12/h4-5,15H,6-7H2,1-3H3. The molecular formula is C12H16N2O2S. The minimum Gasteiger partial charge on any atom is -0.464 e. The second-order valence-corrected chi connectivity index (χ2v) is 5.09. The first-order chi connectivity index (χ1) is 8.10. The van der Waals surface area contributed by atoms with E-state index in [1.807, 2.05) is 37.9 Å². The van der Waals surface area contributed by atoms with Gasteiger partial charge in [-0.15, -0.1) is 0 Å². The number of hydrogen-bond donors (Lipinski definition) is 1. The molecule has 0 unspecified atom stereocenters. The van der Waals surface area contributed by atoms with E-state index in [1.165, 1.54) is 11.3 Å². The first-order valence-electron chi connectivity index (χ1n) is 5.43. The summed E-state index contributed by atoms with van der Waals surface area (Å²) in [6.45, 7) is 4.58. The Hall–Kier alpha value is -1.33. The highest BCUT2D eigenvalue weighted by Crippen LogP contribution is 2.26. The second-order valence-electron chi connectivity index (χ2n) is 4.03. The number of furan rings is 1. The molecule has 0 aliphatic carbocycles. The smallest absolute Gasteiger partial charge is 0.186 e. The van der Waals surface area contributed by atoms with Crippen molar-refractivity contribution >= 4 is 16.5 Å². The molecule has 2 aromatic rings. The normalized spacial score (nSPS) is 10.8. The van der Waals surface area contributed by atoms with Gasteiger partial charge in [0.15, 0.2) is 5.13 Å². The van der Waals surface area contributed by atoms with Crippen LogP contribution < -0.4 is 4.90 Å². The van der Waals surface area contributed by atoms with Gasteiger partial charge in [-0.3, -0.25) is 0 Å². The third kappa shape index (κ3) is 2.68. The summed E-state index contributed by atoms with van der Waals surface area (Å²) in [6, 6.07) is 3.93. The molecule has 2 rings (SSSR count). The molecule has 0 radical (unpaired) electrons. The van der Waals surface area contributed by atoms with E-state index in [9.17, 15) is 0 Å². The number of rotatable bonds is 4. The summed E-state index contributed by atoms with van der Waals surface area (Å²) in [7, 11) is 1.97.